The lowest BCUT2D eigenvalue weighted by Gasteiger charge is -2.06. The van der Waals surface area contributed by atoms with Crippen molar-refractivity contribution in [2.24, 2.45) is 0 Å². The number of anilines is 1. The Bertz CT molecular complexity index is 523. The zero-order valence-electron chi connectivity index (χ0n) is 7.71. The molecule has 0 atom stereocenters. The van der Waals surface area contributed by atoms with E-state index < -0.39 is 18.1 Å². The Morgan fingerprint density at radius 1 is 1.13 bits per heavy atom. The number of aromatic nitrogens is 1. The van der Waals surface area contributed by atoms with Gasteiger partial charge in [0.2, 0.25) is 0 Å². The van der Waals surface area contributed by atoms with Crippen molar-refractivity contribution < 1.29 is 16.8 Å². The highest BCUT2D eigenvalue weighted by Crippen LogP contribution is 2.07. The van der Waals surface area contributed by atoms with Crippen LogP contribution in [0.4, 0.5) is 5.82 Å². The van der Waals surface area contributed by atoms with E-state index in [1.807, 2.05) is 4.72 Å². The van der Waals surface area contributed by atoms with Crippen LogP contribution in [0.1, 0.15) is 0 Å². The van der Waals surface area contributed by atoms with Gasteiger partial charge in [-0.25, -0.2) is 9.71 Å². The van der Waals surface area contributed by atoms with Gasteiger partial charge in [0, 0.05) is 6.20 Å². The van der Waals surface area contributed by atoms with Crippen LogP contribution in [0.2, 0.25) is 0 Å². The van der Waals surface area contributed by atoms with E-state index in [0.29, 0.717) is 0 Å². The second-order valence-corrected chi connectivity index (χ2v) is 7.49. The first kappa shape index (κ1) is 11.9. The van der Waals surface area contributed by atoms with Gasteiger partial charge in [-0.05, 0) is 19.2 Å². The summed E-state index contributed by atoms with van der Waals surface area (Å²) in [7, 11) is -7.93. The van der Waals surface area contributed by atoms with Crippen LogP contribution in [-0.2, 0) is 18.1 Å². The van der Waals surface area contributed by atoms with Crippen molar-refractivity contribution in [3.05, 3.63) is 24.4 Å². The highest BCUT2D eigenvalue weighted by Gasteiger charge is 2.27. The van der Waals surface area contributed by atoms with Gasteiger partial charge in [-0.15, -0.1) is 0 Å². The maximum atomic E-state index is 11.3. The first-order valence-corrected chi connectivity index (χ1v) is 7.25. The van der Waals surface area contributed by atoms with Crippen LogP contribution in [0.15, 0.2) is 24.4 Å². The lowest BCUT2D eigenvalue weighted by atomic mass is 10.5. The molecule has 1 aromatic heterocycles. The molecule has 0 fully saturated rings. The minimum atomic E-state index is -4.51. The summed E-state index contributed by atoms with van der Waals surface area (Å²) >= 11 is 0. The van der Waals surface area contributed by atoms with E-state index in [0.717, 1.165) is 7.05 Å². The second kappa shape index (κ2) is 4.13. The van der Waals surface area contributed by atoms with Crippen LogP contribution in [0.25, 0.3) is 0 Å². The molecule has 1 heterocycles. The maximum Gasteiger partial charge on any atom is 0.354 e. The maximum absolute atomic E-state index is 11.3. The number of hydrogen-bond acceptors (Lipinski definition) is 5. The molecule has 0 aromatic carbocycles. The highest BCUT2D eigenvalue weighted by molar-refractivity contribution is 8.66. The molecule has 0 radical (unpaired) electrons. The van der Waals surface area contributed by atoms with Gasteiger partial charge in [-0.1, -0.05) is 6.07 Å². The quantitative estimate of drug-likeness (QED) is 0.687. The van der Waals surface area contributed by atoms with E-state index in [4.69, 9.17) is 0 Å². The third-order valence-electron chi connectivity index (χ3n) is 1.43. The SMILES string of the molecule is CNS(=O)(=O)S(=O)(=O)Nc1ccccn1. The van der Waals surface area contributed by atoms with Crippen molar-refractivity contribution in [2.75, 3.05) is 11.8 Å². The Kier molecular flexibility index (Phi) is 3.27. The van der Waals surface area contributed by atoms with Gasteiger partial charge in [-0.2, -0.15) is 16.8 Å². The molecular formula is C6H9N3O4S2. The zero-order chi connectivity index (χ0) is 11.5. The molecule has 0 amide bonds. The van der Waals surface area contributed by atoms with E-state index in [9.17, 15) is 16.8 Å². The summed E-state index contributed by atoms with van der Waals surface area (Å²) in [6, 6.07) is 4.43. The fourth-order valence-electron chi connectivity index (χ4n) is 0.716. The van der Waals surface area contributed by atoms with Gasteiger partial charge >= 0.3 is 18.1 Å². The molecule has 0 spiro atoms. The molecule has 1 rings (SSSR count). The van der Waals surface area contributed by atoms with Crippen molar-refractivity contribution in [2.45, 2.75) is 0 Å². The standard InChI is InChI=1S/C6H9N3O4S2/c1-7-14(10,11)15(12,13)9-6-4-2-3-5-8-6/h2-5,7H,1H3,(H,8,9). The molecule has 0 saturated heterocycles. The lowest BCUT2D eigenvalue weighted by Crippen LogP contribution is -2.32. The predicted molar refractivity (Wildman–Crippen MR) is 54.8 cm³/mol. The van der Waals surface area contributed by atoms with Crippen LogP contribution in [0.3, 0.4) is 0 Å². The Balaban J connectivity index is 3.03. The Morgan fingerprint density at radius 2 is 1.80 bits per heavy atom. The fraction of sp³-hybridized carbons (Fsp3) is 0.167. The summed E-state index contributed by atoms with van der Waals surface area (Å²) in [5, 5.41) is 0. The minimum absolute atomic E-state index is 0.0590. The minimum Gasteiger partial charge on any atom is -0.254 e. The molecule has 15 heavy (non-hydrogen) atoms. The molecule has 2 N–H and O–H groups in total. The predicted octanol–water partition coefficient (Wildman–Crippen LogP) is -0.713. The van der Waals surface area contributed by atoms with Gasteiger partial charge in [0.15, 0.2) is 0 Å². The molecule has 7 nitrogen and oxygen atoms in total. The molecule has 0 unspecified atom stereocenters. The smallest absolute Gasteiger partial charge is 0.254 e. The monoisotopic (exact) mass is 251 g/mol. The number of pyridine rings is 1. The number of hydrogen-bond donors (Lipinski definition) is 2. The van der Waals surface area contributed by atoms with E-state index >= 15 is 0 Å². The Morgan fingerprint density at radius 3 is 2.27 bits per heavy atom. The molecule has 84 valence electrons. The van der Waals surface area contributed by atoms with Gasteiger partial charge < -0.3 is 0 Å². The van der Waals surface area contributed by atoms with Crippen LogP contribution in [0.5, 0.6) is 0 Å². The summed E-state index contributed by atoms with van der Waals surface area (Å²) in [5.74, 6) is -0.0590. The molecule has 0 bridgehead atoms. The third kappa shape index (κ3) is 2.64. The zero-order valence-corrected chi connectivity index (χ0v) is 9.34. The lowest BCUT2D eigenvalue weighted by molar-refractivity contribution is 0.580. The molecular weight excluding hydrogens is 242 g/mol. The van der Waals surface area contributed by atoms with Crippen LogP contribution in [-0.4, -0.2) is 28.9 Å². The van der Waals surface area contributed by atoms with Crippen LogP contribution >= 0.6 is 0 Å². The van der Waals surface area contributed by atoms with Gasteiger partial charge in [-0.3, -0.25) is 4.72 Å². The van der Waals surface area contributed by atoms with Crippen molar-refractivity contribution in [3.63, 3.8) is 0 Å². The normalized spacial score (nSPS) is 12.3. The first-order valence-electron chi connectivity index (χ1n) is 3.76. The van der Waals surface area contributed by atoms with Crippen molar-refractivity contribution in [1.82, 2.24) is 9.71 Å². The average Bonchev–Trinajstić information content (AvgIpc) is 2.18. The Hall–Kier alpha value is -1.19. The molecule has 0 aliphatic carbocycles. The molecule has 0 aliphatic rings. The molecule has 0 saturated carbocycles. The molecule has 0 aliphatic heterocycles. The summed E-state index contributed by atoms with van der Waals surface area (Å²) in [4.78, 5) is 3.63. The van der Waals surface area contributed by atoms with Crippen molar-refractivity contribution in [1.29, 1.82) is 0 Å². The van der Waals surface area contributed by atoms with E-state index in [2.05, 4.69) is 4.98 Å². The van der Waals surface area contributed by atoms with Gasteiger partial charge in [0.05, 0.1) is 0 Å². The van der Waals surface area contributed by atoms with Crippen LogP contribution < -0.4 is 9.44 Å². The fourth-order valence-corrected chi connectivity index (χ4v) is 2.67. The highest BCUT2D eigenvalue weighted by atomic mass is 33.2. The molecule has 9 heteroatoms. The van der Waals surface area contributed by atoms with Crippen LogP contribution in [0, 0.1) is 0 Å². The largest absolute Gasteiger partial charge is 0.354 e. The van der Waals surface area contributed by atoms with Crippen molar-refractivity contribution in [3.8, 4) is 0 Å². The number of nitrogens with zero attached hydrogens (tertiary/aromatic N) is 1. The second-order valence-electron chi connectivity index (χ2n) is 2.43. The first-order chi connectivity index (χ1) is 6.89. The van der Waals surface area contributed by atoms with E-state index in [1.54, 1.807) is 10.8 Å². The number of nitrogens with one attached hydrogen (secondary N) is 2. The van der Waals surface area contributed by atoms with Gasteiger partial charge in [0.25, 0.3) is 0 Å². The Labute approximate surface area is 87.0 Å². The topological polar surface area (TPSA) is 105 Å². The van der Waals surface area contributed by atoms with Crippen molar-refractivity contribution >= 4 is 23.9 Å². The number of rotatable bonds is 4. The summed E-state index contributed by atoms with van der Waals surface area (Å²) in [6.07, 6.45) is 1.34. The average molecular weight is 251 g/mol. The summed E-state index contributed by atoms with van der Waals surface area (Å²) in [5.41, 5.74) is 0. The summed E-state index contributed by atoms with van der Waals surface area (Å²) in [6.45, 7) is 0. The van der Waals surface area contributed by atoms with E-state index in [-0.39, 0.29) is 5.82 Å². The van der Waals surface area contributed by atoms with Gasteiger partial charge in [0.1, 0.15) is 5.82 Å². The third-order valence-corrected chi connectivity index (χ3v) is 5.45. The summed E-state index contributed by atoms with van der Waals surface area (Å²) < 4.78 is 48.1. The molecule has 1 aromatic rings. The van der Waals surface area contributed by atoms with E-state index in [1.165, 1.54) is 18.3 Å².